The van der Waals surface area contributed by atoms with E-state index in [9.17, 15) is 0 Å². The summed E-state index contributed by atoms with van der Waals surface area (Å²) in [6.45, 7) is 5.40. The maximum absolute atomic E-state index is 15.2. The minimum atomic E-state index is -0.224. The zero-order valence-electron chi connectivity index (χ0n) is 18.5. The predicted molar refractivity (Wildman–Crippen MR) is 134 cm³/mol. The van der Waals surface area contributed by atoms with Crippen LogP contribution in [-0.4, -0.2) is 62.5 Å². The van der Waals surface area contributed by atoms with E-state index < -0.39 is 0 Å². The molecule has 0 unspecified atom stereocenters. The fourth-order valence-electron chi connectivity index (χ4n) is 4.58. The average Bonchev–Trinajstić information content (AvgIpc) is 2.80. The van der Waals surface area contributed by atoms with Crippen molar-refractivity contribution < 1.29 is 4.39 Å². The molecule has 2 fully saturated rings. The summed E-state index contributed by atoms with van der Waals surface area (Å²) in [4.78, 5) is 6.79. The molecule has 0 saturated carbocycles. The molecule has 3 N–H and O–H groups in total. The van der Waals surface area contributed by atoms with Crippen LogP contribution in [0.1, 0.15) is 29.9 Å². The van der Waals surface area contributed by atoms with Crippen molar-refractivity contribution in [3.05, 3.63) is 59.4 Å². The Labute approximate surface area is 194 Å². The van der Waals surface area contributed by atoms with Crippen molar-refractivity contribution in [3.8, 4) is 0 Å². The van der Waals surface area contributed by atoms with Crippen LogP contribution in [-0.2, 0) is 0 Å². The van der Waals surface area contributed by atoms with Gasteiger partial charge >= 0.3 is 0 Å². The number of anilines is 2. The Hall–Kier alpha value is -2.71. The molecule has 2 saturated heterocycles. The number of nitrogens with zero attached hydrogens (tertiary/aromatic N) is 4. The molecule has 6 nitrogen and oxygen atoms in total. The van der Waals surface area contributed by atoms with Gasteiger partial charge < -0.3 is 20.4 Å². The van der Waals surface area contributed by atoms with Gasteiger partial charge in [0.2, 0.25) is 0 Å². The zero-order valence-corrected chi connectivity index (χ0v) is 19.3. The van der Waals surface area contributed by atoms with Gasteiger partial charge in [0, 0.05) is 50.5 Å². The first kappa shape index (κ1) is 22.5. The molecule has 2 aromatic rings. The zero-order chi connectivity index (χ0) is 22.5. The molecule has 32 heavy (non-hydrogen) atoms. The first-order valence-corrected chi connectivity index (χ1v) is 11.6. The normalized spacial score (nSPS) is 18.3. The quantitative estimate of drug-likeness (QED) is 0.411. The monoisotopic (exact) mass is 454 g/mol. The van der Waals surface area contributed by atoms with Gasteiger partial charge in [-0.15, -0.1) is 0 Å². The molecular formula is C24H31FN6S. The highest BCUT2D eigenvalue weighted by atomic mass is 32.1. The third-order valence-electron chi connectivity index (χ3n) is 6.43. The van der Waals surface area contributed by atoms with Crippen molar-refractivity contribution in [1.29, 1.82) is 0 Å². The summed E-state index contributed by atoms with van der Waals surface area (Å²) in [6, 6.07) is 14.2. The van der Waals surface area contributed by atoms with Crippen LogP contribution in [0.4, 0.5) is 15.8 Å². The van der Waals surface area contributed by atoms with Gasteiger partial charge in [-0.05, 0) is 55.7 Å². The summed E-state index contributed by atoms with van der Waals surface area (Å²) in [5.41, 5.74) is 11.8. The number of rotatable bonds is 5. The van der Waals surface area contributed by atoms with E-state index in [1.807, 2.05) is 6.07 Å². The van der Waals surface area contributed by atoms with Crippen molar-refractivity contribution in [2.75, 3.05) is 56.1 Å². The summed E-state index contributed by atoms with van der Waals surface area (Å²) in [5, 5.41) is 4.16. The molecule has 0 bridgehead atoms. The van der Waals surface area contributed by atoms with Crippen molar-refractivity contribution in [2.24, 2.45) is 10.8 Å². The average molecular weight is 455 g/mol. The van der Waals surface area contributed by atoms with Gasteiger partial charge in [-0.2, -0.15) is 5.10 Å². The lowest BCUT2D eigenvalue weighted by Gasteiger charge is -2.37. The van der Waals surface area contributed by atoms with E-state index in [4.69, 9.17) is 18.0 Å². The lowest BCUT2D eigenvalue weighted by atomic mass is 9.89. The molecule has 0 spiro atoms. The Balaban J connectivity index is 1.56. The number of hydrogen-bond acceptors (Lipinski definition) is 5. The molecule has 0 radical (unpaired) electrons. The van der Waals surface area contributed by atoms with Gasteiger partial charge in [-0.25, -0.2) is 4.39 Å². The van der Waals surface area contributed by atoms with Gasteiger partial charge in [-0.1, -0.05) is 30.3 Å². The van der Waals surface area contributed by atoms with E-state index in [1.54, 1.807) is 12.3 Å². The smallest absolute Gasteiger partial charge is 0.184 e. The summed E-state index contributed by atoms with van der Waals surface area (Å²) in [6.07, 6.45) is 3.64. The largest absolute Gasteiger partial charge is 0.375 e. The molecule has 2 aromatic carbocycles. The molecule has 2 aliphatic rings. The van der Waals surface area contributed by atoms with Crippen molar-refractivity contribution in [3.63, 3.8) is 0 Å². The van der Waals surface area contributed by atoms with Crippen LogP contribution in [0.5, 0.6) is 0 Å². The maximum atomic E-state index is 15.2. The predicted octanol–water partition coefficient (Wildman–Crippen LogP) is 3.13. The summed E-state index contributed by atoms with van der Waals surface area (Å²) < 4.78 is 15.2. The van der Waals surface area contributed by atoms with Gasteiger partial charge in [-0.3, -0.25) is 5.43 Å². The van der Waals surface area contributed by atoms with Gasteiger partial charge in [0.25, 0.3) is 0 Å². The fraction of sp³-hybridized carbons (Fsp3) is 0.417. The maximum Gasteiger partial charge on any atom is 0.184 e. The van der Waals surface area contributed by atoms with E-state index in [0.717, 1.165) is 63.4 Å². The lowest BCUT2D eigenvalue weighted by Crippen LogP contribution is -2.45. The highest BCUT2D eigenvalue weighted by Gasteiger charge is 2.25. The van der Waals surface area contributed by atoms with Crippen LogP contribution in [0.2, 0.25) is 0 Å². The van der Waals surface area contributed by atoms with Crippen LogP contribution < -0.4 is 21.0 Å². The summed E-state index contributed by atoms with van der Waals surface area (Å²) in [5.74, 6) is 0.308. The van der Waals surface area contributed by atoms with E-state index in [0.29, 0.717) is 11.6 Å². The number of thiocarbonyl (C=S) groups is 1. The standard InChI is InChI=1S/C24H31FN6S/c1-29-11-13-31(14-12-29)22-16-23(21(25)15-20(22)17-27-28-24(26)32)30-9-7-19(8-10-30)18-5-3-2-4-6-18/h2-6,15-17,19H,7-14H2,1H3,(H3,26,28,32). The number of piperazine rings is 1. The molecular weight excluding hydrogens is 423 g/mol. The Morgan fingerprint density at radius 1 is 1.03 bits per heavy atom. The molecule has 2 heterocycles. The van der Waals surface area contributed by atoms with Crippen LogP contribution in [0, 0.1) is 5.82 Å². The van der Waals surface area contributed by atoms with Gasteiger partial charge in [0.05, 0.1) is 11.9 Å². The second kappa shape index (κ2) is 10.3. The Kier molecular flexibility index (Phi) is 7.22. The SMILES string of the molecule is CN1CCN(c2cc(N3CCC(c4ccccc4)CC3)c(F)cc2C=NNC(N)=S)CC1. The Morgan fingerprint density at radius 3 is 2.34 bits per heavy atom. The lowest BCUT2D eigenvalue weighted by molar-refractivity contribution is 0.313. The topological polar surface area (TPSA) is 60.1 Å². The van der Waals surface area contributed by atoms with E-state index >= 15 is 4.39 Å². The number of likely N-dealkylation sites (N-methyl/N-ethyl adjacent to an activating group) is 1. The van der Waals surface area contributed by atoms with Crippen LogP contribution >= 0.6 is 12.2 Å². The Bertz CT molecular complexity index is 950. The highest BCUT2D eigenvalue weighted by molar-refractivity contribution is 7.80. The first-order valence-electron chi connectivity index (χ1n) is 11.2. The van der Waals surface area contributed by atoms with E-state index in [1.165, 1.54) is 5.56 Å². The number of nitrogens with two attached hydrogens (primary N) is 1. The van der Waals surface area contributed by atoms with Crippen molar-refractivity contribution >= 4 is 34.9 Å². The third kappa shape index (κ3) is 5.37. The van der Waals surface area contributed by atoms with E-state index in [2.05, 4.69) is 62.6 Å². The number of nitrogens with one attached hydrogen (secondary N) is 1. The van der Waals surface area contributed by atoms with Crippen molar-refractivity contribution in [2.45, 2.75) is 18.8 Å². The molecule has 8 heteroatoms. The van der Waals surface area contributed by atoms with Crippen LogP contribution in [0.25, 0.3) is 0 Å². The molecule has 2 aliphatic heterocycles. The molecule has 0 aromatic heterocycles. The van der Waals surface area contributed by atoms with Gasteiger partial charge in [0.1, 0.15) is 5.82 Å². The highest BCUT2D eigenvalue weighted by Crippen LogP contribution is 2.35. The minimum absolute atomic E-state index is 0.0841. The first-order chi connectivity index (χ1) is 15.5. The second-order valence-corrected chi connectivity index (χ2v) is 9.00. The number of piperidine rings is 1. The number of halogens is 1. The summed E-state index contributed by atoms with van der Waals surface area (Å²) in [7, 11) is 2.12. The Morgan fingerprint density at radius 2 is 1.69 bits per heavy atom. The fourth-order valence-corrected chi connectivity index (χ4v) is 4.63. The number of hydrogen-bond donors (Lipinski definition) is 2. The molecule has 0 amide bonds. The molecule has 170 valence electrons. The van der Waals surface area contributed by atoms with Crippen LogP contribution in [0.3, 0.4) is 0 Å². The second-order valence-electron chi connectivity index (χ2n) is 8.56. The molecule has 0 aliphatic carbocycles. The van der Waals surface area contributed by atoms with E-state index in [-0.39, 0.29) is 10.9 Å². The summed E-state index contributed by atoms with van der Waals surface area (Å²) >= 11 is 4.81. The third-order valence-corrected chi connectivity index (χ3v) is 6.52. The molecule has 0 atom stereocenters. The number of hydrazone groups is 1. The van der Waals surface area contributed by atoms with Crippen LogP contribution in [0.15, 0.2) is 47.6 Å². The van der Waals surface area contributed by atoms with Gasteiger partial charge in [0.15, 0.2) is 5.11 Å². The van der Waals surface area contributed by atoms with Crippen molar-refractivity contribution in [1.82, 2.24) is 10.3 Å². The number of benzene rings is 2. The minimum Gasteiger partial charge on any atom is -0.375 e. The molecule has 4 rings (SSSR count).